The first-order valence-corrected chi connectivity index (χ1v) is 8.81. The molecule has 0 amide bonds. The predicted octanol–water partition coefficient (Wildman–Crippen LogP) is 3.79. The van der Waals surface area contributed by atoms with Gasteiger partial charge in [0.2, 0.25) is 0 Å². The molecule has 5 nitrogen and oxygen atoms in total. The van der Waals surface area contributed by atoms with Crippen LogP contribution in [-0.4, -0.2) is 36.3 Å². The number of nitrogens with zero attached hydrogens (tertiary/aromatic N) is 4. The molecule has 3 aromatic rings. The van der Waals surface area contributed by atoms with E-state index in [1.54, 1.807) is 24.3 Å². The van der Waals surface area contributed by atoms with Crippen LogP contribution < -0.4 is 9.80 Å². The standard InChI is InChI=1S/C20H17ClN4O/c21-15-4-5-19-18(11-15)14(13-22)10-20(23-19)25-8-6-24(7-9-25)16-2-1-3-17(26)12-16/h1-5,10-12,26H,6-9H2. The van der Waals surface area contributed by atoms with E-state index in [2.05, 4.69) is 15.9 Å². The van der Waals surface area contributed by atoms with Crippen molar-refractivity contribution in [3.8, 4) is 11.8 Å². The summed E-state index contributed by atoms with van der Waals surface area (Å²) in [5, 5.41) is 20.5. The Balaban J connectivity index is 1.58. The van der Waals surface area contributed by atoms with Crippen molar-refractivity contribution in [2.45, 2.75) is 0 Å². The minimum atomic E-state index is 0.276. The van der Waals surface area contributed by atoms with Crippen LogP contribution in [0.2, 0.25) is 5.02 Å². The van der Waals surface area contributed by atoms with Crippen molar-refractivity contribution >= 4 is 34.0 Å². The van der Waals surface area contributed by atoms with Crippen molar-refractivity contribution in [2.75, 3.05) is 36.0 Å². The fourth-order valence-corrected chi connectivity index (χ4v) is 3.49. The van der Waals surface area contributed by atoms with Crippen molar-refractivity contribution in [3.05, 3.63) is 59.1 Å². The van der Waals surface area contributed by atoms with E-state index in [9.17, 15) is 10.4 Å². The quantitative estimate of drug-likeness (QED) is 0.749. The van der Waals surface area contributed by atoms with Crippen molar-refractivity contribution in [2.24, 2.45) is 0 Å². The van der Waals surface area contributed by atoms with E-state index in [1.165, 1.54) is 0 Å². The summed E-state index contributed by atoms with van der Waals surface area (Å²) in [4.78, 5) is 9.15. The van der Waals surface area contributed by atoms with Gasteiger partial charge in [-0.1, -0.05) is 17.7 Å². The van der Waals surface area contributed by atoms with Gasteiger partial charge in [0, 0.05) is 48.3 Å². The zero-order valence-corrected chi connectivity index (χ0v) is 14.8. The third kappa shape index (κ3) is 3.12. The monoisotopic (exact) mass is 364 g/mol. The van der Waals surface area contributed by atoms with Gasteiger partial charge in [-0.25, -0.2) is 4.98 Å². The molecule has 4 rings (SSSR count). The van der Waals surface area contributed by atoms with E-state index in [0.717, 1.165) is 48.6 Å². The summed E-state index contributed by atoms with van der Waals surface area (Å²) in [6, 6.07) is 16.8. The number of hydrogen-bond acceptors (Lipinski definition) is 5. The Morgan fingerprint density at radius 2 is 1.77 bits per heavy atom. The van der Waals surface area contributed by atoms with Gasteiger partial charge in [0.1, 0.15) is 11.6 Å². The maximum absolute atomic E-state index is 9.66. The van der Waals surface area contributed by atoms with Crippen LogP contribution in [0.15, 0.2) is 48.5 Å². The Kier molecular flexibility index (Phi) is 4.27. The molecule has 0 saturated carbocycles. The van der Waals surface area contributed by atoms with Crippen LogP contribution in [0.5, 0.6) is 5.75 Å². The molecule has 1 N–H and O–H groups in total. The van der Waals surface area contributed by atoms with E-state index in [-0.39, 0.29) is 5.75 Å². The van der Waals surface area contributed by atoms with E-state index in [1.807, 2.05) is 24.3 Å². The van der Waals surface area contributed by atoms with Gasteiger partial charge in [-0.05, 0) is 36.4 Å². The maximum Gasteiger partial charge on any atom is 0.130 e. The second-order valence-electron chi connectivity index (χ2n) is 6.30. The predicted molar refractivity (Wildman–Crippen MR) is 104 cm³/mol. The maximum atomic E-state index is 9.66. The lowest BCUT2D eigenvalue weighted by molar-refractivity contribution is 0.475. The van der Waals surface area contributed by atoms with Gasteiger partial charge in [0.15, 0.2) is 0 Å². The van der Waals surface area contributed by atoms with Crippen molar-refractivity contribution in [1.82, 2.24) is 4.98 Å². The van der Waals surface area contributed by atoms with Gasteiger partial charge in [-0.2, -0.15) is 5.26 Å². The first-order chi connectivity index (χ1) is 12.6. The SMILES string of the molecule is N#Cc1cc(N2CCN(c3cccc(O)c3)CC2)nc2ccc(Cl)cc12. The van der Waals surface area contributed by atoms with E-state index in [0.29, 0.717) is 10.6 Å². The number of phenolic OH excluding ortho intramolecular Hbond substituents is 1. The summed E-state index contributed by atoms with van der Waals surface area (Å²) < 4.78 is 0. The number of phenols is 1. The van der Waals surface area contributed by atoms with Crippen molar-refractivity contribution in [1.29, 1.82) is 5.26 Å². The van der Waals surface area contributed by atoms with Crippen LogP contribution in [-0.2, 0) is 0 Å². The number of piperazine rings is 1. The Hall–Kier alpha value is -2.97. The van der Waals surface area contributed by atoms with Crippen molar-refractivity contribution < 1.29 is 5.11 Å². The fraction of sp³-hybridized carbons (Fsp3) is 0.200. The molecule has 1 aliphatic rings. The second kappa shape index (κ2) is 6.74. The number of aromatic nitrogens is 1. The van der Waals surface area contributed by atoms with Crippen LogP contribution in [0.1, 0.15) is 5.56 Å². The summed E-state index contributed by atoms with van der Waals surface area (Å²) in [7, 11) is 0. The Morgan fingerprint density at radius 3 is 2.50 bits per heavy atom. The van der Waals surface area contributed by atoms with Gasteiger partial charge < -0.3 is 14.9 Å². The number of halogens is 1. The van der Waals surface area contributed by atoms with Gasteiger partial charge in [-0.3, -0.25) is 0 Å². The van der Waals surface area contributed by atoms with Crippen molar-refractivity contribution in [3.63, 3.8) is 0 Å². The lowest BCUT2D eigenvalue weighted by Gasteiger charge is -2.37. The highest BCUT2D eigenvalue weighted by Gasteiger charge is 2.20. The first-order valence-electron chi connectivity index (χ1n) is 8.43. The molecule has 0 radical (unpaired) electrons. The minimum absolute atomic E-state index is 0.276. The molecule has 0 bridgehead atoms. The molecule has 130 valence electrons. The minimum Gasteiger partial charge on any atom is -0.508 e. The molecular weight excluding hydrogens is 348 g/mol. The van der Waals surface area contributed by atoms with Gasteiger partial charge >= 0.3 is 0 Å². The second-order valence-corrected chi connectivity index (χ2v) is 6.73. The molecule has 0 aliphatic carbocycles. The normalized spacial score (nSPS) is 14.5. The van der Waals surface area contributed by atoms with Crippen LogP contribution in [0.4, 0.5) is 11.5 Å². The molecule has 2 aromatic carbocycles. The number of fused-ring (bicyclic) bond motifs is 1. The molecule has 1 aliphatic heterocycles. The number of benzene rings is 2. The molecule has 1 aromatic heterocycles. The number of hydrogen-bond donors (Lipinski definition) is 1. The molecule has 1 saturated heterocycles. The van der Waals surface area contributed by atoms with Gasteiger partial charge in [0.25, 0.3) is 0 Å². The number of anilines is 2. The molecule has 0 atom stereocenters. The third-order valence-corrected chi connectivity index (χ3v) is 4.91. The van der Waals surface area contributed by atoms with Gasteiger partial charge in [0.05, 0.1) is 17.1 Å². The lowest BCUT2D eigenvalue weighted by atomic mass is 10.1. The van der Waals surface area contributed by atoms with E-state index >= 15 is 0 Å². The topological polar surface area (TPSA) is 63.4 Å². The molecule has 0 unspecified atom stereocenters. The smallest absolute Gasteiger partial charge is 0.130 e. The summed E-state index contributed by atoms with van der Waals surface area (Å²) in [6.45, 7) is 3.25. The first kappa shape index (κ1) is 16.5. The summed E-state index contributed by atoms with van der Waals surface area (Å²) in [6.07, 6.45) is 0. The Bertz CT molecular complexity index is 1010. The average Bonchev–Trinajstić information content (AvgIpc) is 2.67. The van der Waals surface area contributed by atoms with E-state index < -0.39 is 0 Å². The fourth-order valence-electron chi connectivity index (χ4n) is 3.32. The van der Waals surface area contributed by atoms with Crippen LogP contribution in [0.3, 0.4) is 0 Å². The lowest BCUT2D eigenvalue weighted by Crippen LogP contribution is -2.46. The highest BCUT2D eigenvalue weighted by molar-refractivity contribution is 6.31. The van der Waals surface area contributed by atoms with Gasteiger partial charge in [-0.15, -0.1) is 0 Å². The number of nitriles is 1. The summed E-state index contributed by atoms with van der Waals surface area (Å²) in [5.41, 5.74) is 2.38. The highest BCUT2D eigenvalue weighted by atomic mass is 35.5. The molecule has 26 heavy (non-hydrogen) atoms. The molecular formula is C20H17ClN4O. The van der Waals surface area contributed by atoms with Crippen LogP contribution in [0, 0.1) is 11.3 Å². The molecule has 0 spiro atoms. The molecule has 2 heterocycles. The summed E-state index contributed by atoms with van der Waals surface area (Å²) in [5.74, 6) is 1.09. The summed E-state index contributed by atoms with van der Waals surface area (Å²) >= 11 is 6.05. The third-order valence-electron chi connectivity index (χ3n) is 4.68. The zero-order chi connectivity index (χ0) is 18.1. The Morgan fingerprint density at radius 1 is 1.00 bits per heavy atom. The molecule has 6 heteroatoms. The number of aromatic hydroxyl groups is 1. The Labute approximate surface area is 156 Å². The number of pyridine rings is 1. The average molecular weight is 365 g/mol. The highest BCUT2D eigenvalue weighted by Crippen LogP contribution is 2.27. The number of rotatable bonds is 2. The zero-order valence-electron chi connectivity index (χ0n) is 14.1. The van der Waals surface area contributed by atoms with Crippen LogP contribution >= 0.6 is 11.6 Å². The largest absolute Gasteiger partial charge is 0.508 e. The van der Waals surface area contributed by atoms with Crippen LogP contribution in [0.25, 0.3) is 10.9 Å². The van der Waals surface area contributed by atoms with E-state index in [4.69, 9.17) is 16.6 Å². The molecule has 1 fully saturated rings.